The first-order valence-electron chi connectivity index (χ1n) is 6.80. The van der Waals surface area contributed by atoms with Crippen LogP contribution in [0.15, 0.2) is 18.2 Å². The van der Waals surface area contributed by atoms with Gasteiger partial charge in [0.1, 0.15) is 0 Å². The highest BCUT2D eigenvalue weighted by molar-refractivity contribution is 6.31. The van der Waals surface area contributed by atoms with Crippen LogP contribution in [0.1, 0.15) is 30.4 Å². The van der Waals surface area contributed by atoms with Crippen LogP contribution in [0.5, 0.6) is 0 Å². The van der Waals surface area contributed by atoms with Gasteiger partial charge in [-0.2, -0.15) is 0 Å². The summed E-state index contributed by atoms with van der Waals surface area (Å²) in [6.07, 6.45) is 4.97. The normalized spacial score (nSPS) is 15.3. The molecule has 1 aliphatic carbocycles. The molecule has 0 aliphatic heterocycles. The lowest BCUT2D eigenvalue weighted by Crippen LogP contribution is -2.16. The summed E-state index contributed by atoms with van der Waals surface area (Å²) in [7, 11) is 4.24. The van der Waals surface area contributed by atoms with Crippen molar-refractivity contribution in [2.75, 3.05) is 20.6 Å². The molecule has 0 atom stereocenters. The molecule has 1 N–H and O–H groups in total. The molecule has 0 amide bonds. The standard InChI is InChI=1S/C15H23ClN2/c1-18(2)9-3-4-12-5-8-15(16)13(10-12)11-17-14-6-7-14/h5,8,10,14,17H,3-4,6-7,9,11H2,1-2H3. The van der Waals surface area contributed by atoms with Crippen molar-refractivity contribution >= 4 is 11.6 Å². The van der Waals surface area contributed by atoms with E-state index >= 15 is 0 Å². The second kappa shape index (κ2) is 6.55. The Hall–Kier alpha value is -0.570. The molecule has 1 aromatic carbocycles. The van der Waals surface area contributed by atoms with Gasteiger partial charge in [0, 0.05) is 17.6 Å². The second-order valence-corrected chi connectivity index (χ2v) is 5.89. The maximum absolute atomic E-state index is 6.24. The van der Waals surface area contributed by atoms with Crippen LogP contribution in [-0.2, 0) is 13.0 Å². The molecule has 0 heterocycles. The van der Waals surface area contributed by atoms with E-state index in [2.05, 4.69) is 36.4 Å². The minimum atomic E-state index is 0.735. The van der Waals surface area contributed by atoms with Crippen LogP contribution in [0.3, 0.4) is 0 Å². The van der Waals surface area contributed by atoms with Gasteiger partial charge in [0.2, 0.25) is 0 Å². The molecule has 1 fully saturated rings. The van der Waals surface area contributed by atoms with Gasteiger partial charge in [-0.05, 0) is 63.5 Å². The first-order valence-corrected chi connectivity index (χ1v) is 7.18. The molecule has 1 aromatic rings. The summed E-state index contributed by atoms with van der Waals surface area (Å²) in [6, 6.07) is 7.18. The van der Waals surface area contributed by atoms with Crippen molar-refractivity contribution in [3.63, 3.8) is 0 Å². The Morgan fingerprint density at radius 1 is 1.33 bits per heavy atom. The number of hydrogen-bond donors (Lipinski definition) is 1. The van der Waals surface area contributed by atoms with Crippen LogP contribution in [0.4, 0.5) is 0 Å². The summed E-state index contributed by atoms with van der Waals surface area (Å²) in [5.74, 6) is 0. The summed E-state index contributed by atoms with van der Waals surface area (Å²) >= 11 is 6.24. The van der Waals surface area contributed by atoms with Gasteiger partial charge >= 0.3 is 0 Å². The minimum absolute atomic E-state index is 0.735. The van der Waals surface area contributed by atoms with E-state index < -0.39 is 0 Å². The zero-order chi connectivity index (χ0) is 13.0. The number of aryl methyl sites for hydroxylation is 1. The van der Waals surface area contributed by atoms with Gasteiger partial charge in [0.05, 0.1) is 0 Å². The maximum atomic E-state index is 6.24. The first-order chi connectivity index (χ1) is 8.65. The Morgan fingerprint density at radius 3 is 2.78 bits per heavy atom. The van der Waals surface area contributed by atoms with E-state index in [0.717, 1.165) is 30.6 Å². The van der Waals surface area contributed by atoms with Crippen LogP contribution in [0.2, 0.25) is 5.02 Å². The van der Waals surface area contributed by atoms with Crippen molar-refractivity contribution in [2.45, 2.75) is 38.3 Å². The van der Waals surface area contributed by atoms with Crippen molar-refractivity contribution in [3.05, 3.63) is 34.3 Å². The molecule has 18 heavy (non-hydrogen) atoms. The number of halogens is 1. The summed E-state index contributed by atoms with van der Waals surface area (Å²) in [5.41, 5.74) is 2.64. The SMILES string of the molecule is CN(C)CCCc1ccc(Cl)c(CNC2CC2)c1. The van der Waals surface area contributed by atoms with E-state index in [9.17, 15) is 0 Å². The quantitative estimate of drug-likeness (QED) is 0.816. The molecule has 100 valence electrons. The van der Waals surface area contributed by atoms with Gasteiger partial charge in [-0.15, -0.1) is 0 Å². The third kappa shape index (κ3) is 4.60. The van der Waals surface area contributed by atoms with Crippen LogP contribution in [0, 0.1) is 0 Å². The topological polar surface area (TPSA) is 15.3 Å². The van der Waals surface area contributed by atoms with Crippen LogP contribution < -0.4 is 5.32 Å². The summed E-state index contributed by atoms with van der Waals surface area (Å²) in [5, 5.41) is 4.41. The van der Waals surface area contributed by atoms with Gasteiger partial charge in [-0.1, -0.05) is 23.7 Å². The Morgan fingerprint density at radius 2 is 2.11 bits per heavy atom. The molecule has 0 radical (unpaired) electrons. The molecule has 1 aliphatic rings. The average Bonchev–Trinajstić information content (AvgIpc) is 3.13. The van der Waals surface area contributed by atoms with Crippen molar-refractivity contribution < 1.29 is 0 Å². The zero-order valence-corrected chi connectivity index (χ0v) is 12.1. The van der Waals surface area contributed by atoms with Gasteiger partial charge in [0.15, 0.2) is 0 Å². The van der Waals surface area contributed by atoms with Crippen LogP contribution in [0.25, 0.3) is 0 Å². The fraction of sp³-hybridized carbons (Fsp3) is 0.600. The van der Waals surface area contributed by atoms with Crippen LogP contribution in [-0.4, -0.2) is 31.6 Å². The summed E-state index contributed by atoms with van der Waals surface area (Å²) in [4.78, 5) is 2.23. The lowest BCUT2D eigenvalue weighted by molar-refractivity contribution is 0.400. The molecule has 0 bridgehead atoms. The molecule has 2 nitrogen and oxygen atoms in total. The highest BCUT2D eigenvalue weighted by Gasteiger charge is 2.20. The highest BCUT2D eigenvalue weighted by atomic mass is 35.5. The Labute approximate surface area is 115 Å². The molecular weight excluding hydrogens is 244 g/mol. The van der Waals surface area contributed by atoms with Crippen LogP contribution >= 0.6 is 11.6 Å². The van der Waals surface area contributed by atoms with Crippen molar-refractivity contribution in [1.29, 1.82) is 0 Å². The zero-order valence-electron chi connectivity index (χ0n) is 11.4. The van der Waals surface area contributed by atoms with E-state index in [1.165, 1.54) is 30.4 Å². The van der Waals surface area contributed by atoms with Crippen molar-refractivity contribution in [3.8, 4) is 0 Å². The maximum Gasteiger partial charge on any atom is 0.0451 e. The molecule has 0 unspecified atom stereocenters. The van der Waals surface area contributed by atoms with Gasteiger partial charge in [0.25, 0.3) is 0 Å². The third-order valence-electron chi connectivity index (χ3n) is 3.34. The lowest BCUT2D eigenvalue weighted by atomic mass is 10.1. The van der Waals surface area contributed by atoms with Gasteiger partial charge < -0.3 is 10.2 Å². The smallest absolute Gasteiger partial charge is 0.0451 e. The molecule has 0 saturated heterocycles. The van der Waals surface area contributed by atoms with Crippen molar-refractivity contribution in [1.82, 2.24) is 10.2 Å². The average molecular weight is 267 g/mol. The van der Waals surface area contributed by atoms with E-state index in [1.54, 1.807) is 0 Å². The number of rotatable bonds is 7. The Balaban J connectivity index is 1.87. The molecule has 0 aromatic heterocycles. The number of nitrogens with one attached hydrogen (secondary N) is 1. The fourth-order valence-corrected chi connectivity index (χ4v) is 2.24. The van der Waals surface area contributed by atoms with E-state index in [4.69, 9.17) is 11.6 Å². The Kier molecular flexibility index (Phi) is 5.04. The second-order valence-electron chi connectivity index (χ2n) is 5.49. The third-order valence-corrected chi connectivity index (χ3v) is 3.71. The van der Waals surface area contributed by atoms with Crippen molar-refractivity contribution in [2.24, 2.45) is 0 Å². The highest BCUT2D eigenvalue weighted by Crippen LogP contribution is 2.22. The number of nitrogens with zero attached hydrogens (tertiary/aromatic N) is 1. The van der Waals surface area contributed by atoms with E-state index in [-0.39, 0.29) is 0 Å². The molecule has 1 saturated carbocycles. The van der Waals surface area contributed by atoms with E-state index in [1.807, 2.05) is 6.07 Å². The molecule has 2 rings (SSSR count). The Bertz CT molecular complexity index is 386. The fourth-order valence-electron chi connectivity index (χ4n) is 2.06. The summed E-state index contributed by atoms with van der Waals surface area (Å²) in [6.45, 7) is 2.04. The summed E-state index contributed by atoms with van der Waals surface area (Å²) < 4.78 is 0. The monoisotopic (exact) mass is 266 g/mol. The molecule has 3 heteroatoms. The number of hydrogen-bond acceptors (Lipinski definition) is 2. The number of benzene rings is 1. The minimum Gasteiger partial charge on any atom is -0.310 e. The molecule has 0 spiro atoms. The molecular formula is C15H23ClN2. The van der Waals surface area contributed by atoms with Gasteiger partial charge in [-0.25, -0.2) is 0 Å². The largest absolute Gasteiger partial charge is 0.310 e. The first kappa shape index (κ1) is 13.9. The lowest BCUT2D eigenvalue weighted by Gasteiger charge is -2.11. The predicted molar refractivity (Wildman–Crippen MR) is 78.2 cm³/mol. The van der Waals surface area contributed by atoms with Gasteiger partial charge in [-0.3, -0.25) is 0 Å². The predicted octanol–water partition coefficient (Wildman–Crippen LogP) is 3.09. The van der Waals surface area contributed by atoms with E-state index in [0.29, 0.717) is 0 Å².